The average Bonchev–Trinajstić information content (AvgIpc) is 3.12. The third-order valence-electron chi connectivity index (χ3n) is 8.68. The lowest BCUT2D eigenvalue weighted by Gasteiger charge is -2.45. The van der Waals surface area contributed by atoms with Gasteiger partial charge in [-0.1, -0.05) is 31.6 Å². The molecule has 1 N–H and O–H groups in total. The van der Waals surface area contributed by atoms with E-state index in [1.807, 2.05) is 6.08 Å². The number of allylic oxidation sites excluding steroid dienone is 3. The SMILES string of the molecule is CC(C)=C[C@H]1C[C@H](C)[C@]2(CCC3(C)CC4C(C(=O)C[C@@]4(C)O)/C(C=O)=C\CC32)O1. The first kappa shape index (κ1) is 21.0. The number of ether oxygens (including phenoxy) is 1. The maximum Gasteiger partial charge on any atom is 0.146 e. The van der Waals surface area contributed by atoms with Crippen molar-refractivity contribution < 1.29 is 19.4 Å². The summed E-state index contributed by atoms with van der Waals surface area (Å²) in [7, 11) is 0. The van der Waals surface area contributed by atoms with E-state index in [9.17, 15) is 14.7 Å². The van der Waals surface area contributed by atoms with E-state index in [4.69, 9.17) is 4.74 Å². The summed E-state index contributed by atoms with van der Waals surface area (Å²) >= 11 is 0. The van der Waals surface area contributed by atoms with Crippen molar-refractivity contribution in [1.82, 2.24) is 0 Å². The minimum absolute atomic E-state index is 0.00341. The van der Waals surface area contributed by atoms with Gasteiger partial charge in [0, 0.05) is 12.3 Å². The summed E-state index contributed by atoms with van der Waals surface area (Å²) in [4.78, 5) is 24.6. The second kappa shape index (κ2) is 6.88. The van der Waals surface area contributed by atoms with E-state index >= 15 is 0 Å². The highest BCUT2D eigenvalue weighted by molar-refractivity contribution is 5.94. The number of carbonyl (C=O) groups is 2. The number of carbonyl (C=O) groups excluding carboxylic acids is 2. The van der Waals surface area contributed by atoms with Crippen molar-refractivity contribution in [3.05, 3.63) is 23.3 Å². The van der Waals surface area contributed by atoms with Gasteiger partial charge in [0.1, 0.15) is 12.1 Å². The Morgan fingerprint density at radius 1 is 1.28 bits per heavy atom. The molecule has 4 aliphatic rings. The summed E-state index contributed by atoms with van der Waals surface area (Å²) in [6.07, 6.45) is 10.0. The smallest absolute Gasteiger partial charge is 0.146 e. The fourth-order valence-electron chi connectivity index (χ4n) is 7.28. The molecule has 29 heavy (non-hydrogen) atoms. The van der Waals surface area contributed by atoms with E-state index in [1.165, 1.54) is 5.57 Å². The Labute approximate surface area is 174 Å². The topological polar surface area (TPSA) is 63.6 Å². The Kier molecular flexibility index (Phi) is 4.98. The molecule has 1 saturated heterocycles. The predicted octanol–water partition coefficient (Wildman–Crippen LogP) is 4.41. The van der Waals surface area contributed by atoms with Crippen molar-refractivity contribution in [3.8, 4) is 0 Å². The standard InChI is InChI=1S/C25H36O4/c1-15(2)10-18-11-16(3)25(29-18)9-8-23(4)12-19-22(20(27)13-24(19,5)28)17(14-26)6-7-21(23)25/h6,10,14,16,18-19,21-22,28H,7-9,11-13H2,1-5H3/b17-6-/t16-,18-,19?,21?,22?,23?,24+,25-/m0/s1. The number of fused-ring (bicyclic) bond motifs is 3. The molecule has 0 aromatic carbocycles. The van der Waals surface area contributed by atoms with Crippen LogP contribution in [0.3, 0.4) is 0 Å². The quantitative estimate of drug-likeness (QED) is 0.551. The van der Waals surface area contributed by atoms with Gasteiger partial charge in [-0.2, -0.15) is 0 Å². The molecule has 160 valence electrons. The lowest BCUT2D eigenvalue weighted by molar-refractivity contribution is -0.122. The molecule has 0 aromatic heterocycles. The number of Topliss-reactive ketones (excluding diaryl/α,β-unsaturated/α-hetero) is 1. The highest BCUT2D eigenvalue weighted by atomic mass is 16.5. The van der Waals surface area contributed by atoms with Gasteiger partial charge in [-0.25, -0.2) is 0 Å². The van der Waals surface area contributed by atoms with Crippen molar-refractivity contribution >= 4 is 12.1 Å². The molecule has 8 atom stereocenters. The first-order valence-corrected chi connectivity index (χ1v) is 11.3. The largest absolute Gasteiger partial charge is 0.389 e. The van der Waals surface area contributed by atoms with Crippen LogP contribution in [0.15, 0.2) is 23.3 Å². The van der Waals surface area contributed by atoms with E-state index in [-0.39, 0.29) is 35.2 Å². The highest BCUT2D eigenvalue weighted by Gasteiger charge is 2.63. The third kappa shape index (κ3) is 3.18. The predicted molar refractivity (Wildman–Crippen MR) is 112 cm³/mol. The summed E-state index contributed by atoms with van der Waals surface area (Å²) < 4.78 is 6.79. The maximum atomic E-state index is 12.7. The molecule has 1 aliphatic heterocycles. The lowest BCUT2D eigenvalue weighted by Crippen LogP contribution is -2.46. The first-order chi connectivity index (χ1) is 13.5. The molecule has 4 nitrogen and oxygen atoms in total. The van der Waals surface area contributed by atoms with Crippen LogP contribution in [0.25, 0.3) is 0 Å². The van der Waals surface area contributed by atoms with Gasteiger partial charge in [-0.3, -0.25) is 9.59 Å². The van der Waals surface area contributed by atoms with Crippen LogP contribution in [0.4, 0.5) is 0 Å². The van der Waals surface area contributed by atoms with E-state index in [0.29, 0.717) is 17.4 Å². The van der Waals surface area contributed by atoms with Crippen LogP contribution in [0.2, 0.25) is 0 Å². The molecule has 4 heteroatoms. The van der Waals surface area contributed by atoms with Crippen molar-refractivity contribution in [2.24, 2.45) is 29.1 Å². The number of aldehydes is 1. The van der Waals surface area contributed by atoms with E-state index < -0.39 is 11.5 Å². The minimum Gasteiger partial charge on any atom is -0.389 e. The average molecular weight is 401 g/mol. The van der Waals surface area contributed by atoms with Crippen LogP contribution in [0.5, 0.6) is 0 Å². The Morgan fingerprint density at radius 3 is 2.66 bits per heavy atom. The summed E-state index contributed by atoms with van der Waals surface area (Å²) in [6.45, 7) is 10.7. The van der Waals surface area contributed by atoms with Gasteiger partial charge in [0.05, 0.1) is 23.2 Å². The molecule has 0 radical (unpaired) electrons. The van der Waals surface area contributed by atoms with Gasteiger partial charge in [-0.15, -0.1) is 0 Å². The van der Waals surface area contributed by atoms with Crippen LogP contribution in [0.1, 0.15) is 73.1 Å². The van der Waals surface area contributed by atoms with Crippen LogP contribution >= 0.6 is 0 Å². The molecular formula is C25H36O4. The second-order valence-corrected chi connectivity index (χ2v) is 11.0. The van der Waals surface area contributed by atoms with E-state index in [1.54, 1.807) is 6.92 Å². The van der Waals surface area contributed by atoms with E-state index in [2.05, 4.69) is 33.8 Å². The van der Waals surface area contributed by atoms with Crippen LogP contribution in [0, 0.1) is 29.1 Å². The molecule has 3 fully saturated rings. The van der Waals surface area contributed by atoms with Crippen molar-refractivity contribution in [2.75, 3.05) is 0 Å². The monoisotopic (exact) mass is 400 g/mol. The molecule has 4 unspecified atom stereocenters. The number of ketones is 1. The molecule has 3 aliphatic carbocycles. The summed E-state index contributed by atoms with van der Waals surface area (Å²) in [6, 6.07) is 0. The van der Waals surface area contributed by atoms with Crippen LogP contribution in [-0.4, -0.2) is 34.5 Å². The van der Waals surface area contributed by atoms with Crippen molar-refractivity contribution in [2.45, 2.75) is 90.4 Å². The van der Waals surface area contributed by atoms with Gasteiger partial charge in [-0.05, 0) is 75.7 Å². The van der Waals surface area contributed by atoms with Gasteiger partial charge in [0.2, 0.25) is 0 Å². The number of hydrogen-bond donors (Lipinski definition) is 1. The number of hydrogen-bond acceptors (Lipinski definition) is 4. The Balaban J connectivity index is 1.74. The molecule has 1 spiro atoms. The molecule has 4 rings (SSSR count). The van der Waals surface area contributed by atoms with Gasteiger partial charge in [0.25, 0.3) is 0 Å². The van der Waals surface area contributed by atoms with E-state index in [0.717, 1.165) is 38.4 Å². The Bertz CT molecular complexity index is 774. The molecule has 0 aromatic rings. The summed E-state index contributed by atoms with van der Waals surface area (Å²) in [5.74, 6) is 0.117. The number of rotatable bonds is 2. The molecule has 1 heterocycles. The minimum atomic E-state index is -1.04. The summed E-state index contributed by atoms with van der Waals surface area (Å²) in [5.41, 5.74) is 0.628. The third-order valence-corrected chi connectivity index (χ3v) is 8.68. The normalized spacial score (nSPS) is 51.0. The molecular weight excluding hydrogens is 364 g/mol. The highest BCUT2D eigenvalue weighted by Crippen LogP contribution is 2.64. The van der Waals surface area contributed by atoms with Crippen molar-refractivity contribution in [1.29, 1.82) is 0 Å². The molecule has 0 amide bonds. The Hall–Kier alpha value is -1.26. The lowest BCUT2D eigenvalue weighted by atomic mass is 9.62. The second-order valence-electron chi connectivity index (χ2n) is 11.0. The van der Waals surface area contributed by atoms with Crippen molar-refractivity contribution in [3.63, 3.8) is 0 Å². The Morgan fingerprint density at radius 2 is 2.00 bits per heavy atom. The maximum absolute atomic E-state index is 12.7. The first-order valence-electron chi connectivity index (χ1n) is 11.3. The fourth-order valence-corrected chi connectivity index (χ4v) is 7.28. The van der Waals surface area contributed by atoms with Gasteiger partial charge >= 0.3 is 0 Å². The van der Waals surface area contributed by atoms with Crippen LogP contribution in [-0.2, 0) is 14.3 Å². The van der Waals surface area contributed by atoms with Gasteiger partial charge in [0.15, 0.2) is 0 Å². The zero-order chi connectivity index (χ0) is 21.2. The zero-order valence-electron chi connectivity index (χ0n) is 18.5. The fraction of sp³-hybridized carbons (Fsp3) is 0.760. The zero-order valence-corrected chi connectivity index (χ0v) is 18.5. The van der Waals surface area contributed by atoms with Gasteiger partial charge < -0.3 is 9.84 Å². The van der Waals surface area contributed by atoms with Crippen LogP contribution < -0.4 is 0 Å². The molecule has 0 bridgehead atoms. The molecule has 2 saturated carbocycles. The summed E-state index contributed by atoms with van der Waals surface area (Å²) in [5, 5.41) is 11.1. The number of aliphatic hydroxyl groups is 1.